The van der Waals surface area contributed by atoms with Crippen LogP contribution in [-0.4, -0.2) is 19.1 Å². The molecule has 3 rings (SSSR count). The third-order valence-electron chi connectivity index (χ3n) is 4.00. The van der Waals surface area contributed by atoms with E-state index in [1.54, 1.807) is 11.3 Å². The van der Waals surface area contributed by atoms with E-state index in [0.717, 1.165) is 30.6 Å². The fraction of sp³-hybridized carbons (Fsp3) is 0.389. The third kappa shape index (κ3) is 3.69. The summed E-state index contributed by atoms with van der Waals surface area (Å²) in [4.78, 5) is 15.0. The molecule has 1 aromatic heterocycles. The van der Waals surface area contributed by atoms with Crippen LogP contribution in [-0.2, 0) is 17.6 Å². The Hall–Kier alpha value is -1.81. The number of thiophene rings is 1. The smallest absolute Gasteiger partial charge is 0.223 e. The van der Waals surface area contributed by atoms with Crippen molar-refractivity contribution in [3.63, 3.8) is 0 Å². The first-order valence-corrected chi connectivity index (χ1v) is 8.58. The van der Waals surface area contributed by atoms with Gasteiger partial charge in [-0.25, -0.2) is 0 Å². The molecule has 3 nitrogen and oxygen atoms in total. The molecule has 1 atom stereocenters. The first-order valence-electron chi connectivity index (χ1n) is 7.76. The van der Waals surface area contributed by atoms with Crippen LogP contribution in [0, 0.1) is 12.8 Å². The lowest BCUT2D eigenvalue weighted by molar-refractivity contribution is -0.125. The molecular weight excluding hydrogens is 294 g/mol. The monoisotopic (exact) mass is 315 g/mol. The van der Waals surface area contributed by atoms with Gasteiger partial charge < -0.3 is 10.1 Å². The maximum absolute atomic E-state index is 12.4. The fourth-order valence-electron chi connectivity index (χ4n) is 2.79. The second-order valence-electron chi connectivity index (χ2n) is 5.70. The predicted octanol–water partition coefficient (Wildman–Crippen LogP) is 3.36. The Balaban J connectivity index is 1.54. The molecule has 0 saturated carbocycles. The molecule has 0 fully saturated rings. The number of ether oxygens (including phenoxy) is 1. The van der Waals surface area contributed by atoms with Crippen LogP contribution in [0.4, 0.5) is 0 Å². The first-order chi connectivity index (χ1) is 10.7. The molecule has 0 bridgehead atoms. The van der Waals surface area contributed by atoms with E-state index >= 15 is 0 Å². The third-order valence-corrected chi connectivity index (χ3v) is 5.06. The average molecular weight is 315 g/mol. The number of rotatable bonds is 4. The fourth-order valence-corrected chi connectivity index (χ4v) is 3.68. The summed E-state index contributed by atoms with van der Waals surface area (Å²) >= 11 is 1.80. The van der Waals surface area contributed by atoms with Crippen LogP contribution in [0.5, 0.6) is 5.75 Å². The molecule has 0 saturated heterocycles. The standard InChI is InChI=1S/C18H21NO2S/c1-13-6-7-16(22-13)8-10-19-18(20)15-9-11-21-17-5-3-2-4-14(17)12-15/h2-7,15H,8-12H2,1H3,(H,19,20). The second kappa shape index (κ2) is 6.97. The van der Waals surface area contributed by atoms with Gasteiger partial charge in [0.15, 0.2) is 0 Å². The summed E-state index contributed by atoms with van der Waals surface area (Å²) in [7, 11) is 0. The summed E-state index contributed by atoms with van der Waals surface area (Å²) in [5.41, 5.74) is 1.13. The summed E-state index contributed by atoms with van der Waals surface area (Å²) in [5, 5.41) is 3.08. The summed E-state index contributed by atoms with van der Waals surface area (Å²) in [6, 6.07) is 12.3. The minimum atomic E-state index is 0.00808. The molecule has 1 aliphatic heterocycles. The first kappa shape index (κ1) is 15.1. The van der Waals surface area contributed by atoms with Crippen molar-refractivity contribution >= 4 is 17.2 Å². The molecule has 22 heavy (non-hydrogen) atoms. The summed E-state index contributed by atoms with van der Waals surface area (Å²) in [6.45, 7) is 3.42. The Morgan fingerprint density at radius 1 is 1.32 bits per heavy atom. The van der Waals surface area contributed by atoms with Crippen LogP contribution in [0.3, 0.4) is 0 Å². The van der Waals surface area contributed by atoms with Crippen LogP contribution in [0.2, 0.25) is 0 Å². The number of para-hydroxylation sites is 1. The predicted molar refractivity (Wildman–Crippen MR) is 89.5 cm³/mol. The molecule has 1 N–H and O–H groups in total. The van der Waals surface area contributed by atoms with Gasteiger partial charge in [-0.05, 0) is 49.9 Å². The number of carbonyl (C=O) groups excluding carboxylic acids is 1. The number of fused-ring (bicyclic) bond motifs is 1. The number of nitrogens with one attached hydrogen (secondary N) is 1. The number of aryl methyl sites for hydroxylation is 1. The van der Waals surface area contributed by atoms with Gasteiger partial charge in [-0.2, -0.15) is 0 Å². The molecule has 0 spiro atoms. The van der Waals surface area contributed by atoms with Gasteiger partial charge in [0.2, 0.25) is 5.91 Å². The highest BCUT2D eigenvalue weighted by Crippen LogP contribution is 2.26. The van der Waals surface area contributed by atoms with Gasteiger partial charge in [-0.1, -0.05) is 18.2 Å². The number of hydrogen-bond acceptors (Lipinski definition) is 3. The second-order valence-corrected chi connectivity index (χ2v) is 7.07. The van der Waals surface area contributed by atoms with Crippen LogP contribution in [0.15, 0.2) is 36.4 Å². The van der Waals surface area contributed by atoms with E-state index in [4.69, 9.17) is 4.74 Å². The number of hydrogen-bond donors (Lipinski definition) is 1. The molecule has 1 unspecified atom stereocenters. The number of carbonyl (C=O) groups is 1. The van der Waals surface area contributed by atoms with E-state index in [0.29, 0.717) is 13.2 Å². The van der Waals surface area contributed by atoms with Crippen molar-refractivity contribution in [1.82, 2.24) is 5.32 Å². The van der Waals surface area contributed by atoms with Crippen molar-refractivity contribution in [1.29, 1.82) is 0 Å². The van der Waals surface area contributed by atoms with Crippen molar-refractivity contribution in [2.75, 3.05) is 13.2 Å². The SMILES string of the molecule is Cc1ccc(CCNC(=O)C2CCOc3ccccc3C2)s1. The minimum absolute atomic E-state index is 0.00808. The average Bonchev–Trinajstić information content (AvgIpc) is 2.81. The van der Waals surface area contributed by atoms with Crippen LogP contribution < -0.4 is 10.1 Å². The van der Waals surface area contributed by atoms with Crippen molar-refractivity contribution in [2.24, 2.45) is 5.92 Å². The highest BCUT2D eigenvalue weighted by atomic mass is 32.1. The van der Waals surface area contributed by atoms with Gasteiger partial charge in [0, 0.05) is 22.2 Å². The summed E-state index contributed by atoms with van der Waals surface area (Å²) in [5.74, 6) is 1.08. The lowest BCUT2D eigenvalue weighted by atomic mass is 9.96. The molecule has 116 valence electrons. The van der Waals surface area contributed by atoms with E-state index in [2.05, 4.69) is 30.4 Å². The van der Waals surface area contributed by atoms with E-state index in [1.807, 2.05) is 18.2 Å². The van der Waals surface area contributed by atoms with Crippen molar-refractivity contribution in [3.05, 3.63) is 51.7 Å². The molecule has 0 aliphatic carbocycles. The van der Waals surface area contributed by atoms with E-state index < -0.39 is 0 Å². The molecule has 2 aromatic rings. The molecule has 1 amide bonds. The normalized spacial score (nSPS) is 17.2. The van der Waals surface area contributed by atoms with Gasteiger partial charge in [0.25, 0.3) is 0 Å². The van der Waals surface area contributed by atoms with Gasteiger partial charge in [-0.3, -0.25) is 4.79 Å². The summed E-state index contributed by atoms with van der Waals surface area (Å²) in [6.07, 6.45) is 2.45. The zero-order valence-electron chi connectivity index (χ0n) is 12.8. The maximum Gasteiger partial charge on any atom is 0.223 e. The van der Waals surface area contributed by atoms with E-state index in [1.165, 1.54) is 9.75 Å². The number of benzene rings is 1. The molecule has 0 radical (unpaired) electrons. The zero-order chi connectivity index (χ0) is 15.4. The molecule has 2 heterocycles. The highest BCUT2D eigenvalue weighted by Gasteiger charge is 2.23. The zero-order valence-corrected chi connectivity index (χ0v) is 13.6. The number of amides is 1. The van der Waals surface area contributed by atoms with E-state index in [-0.39, 0.29) is 11.8 Å². The lowest BCUT2D eigenvalue weighted by Crippen LogP contribution is -2.33. The molecular formula is C18H21NO2S. The molecule has 1 aliphatic rings. The van der Waals surface area contributed by atoms with Crippen LogP contribution in [0.25, 0.3) is 0 Å². The van der Waals surface area contributed by atoms with Crippen LogP contribution >= 0.6 is 11.3 Å². The topological polar surface area (TPSA) is 38.3 Å². The Kier molecular flexibility index (Phi) is 4.78. The van der Waals surface area contributed by atoms with E-state index in [9.17, 15) is 4.79 Å². The molecule has 1 aromatic carbocycles. The van der Waals surface area contributed by atoms with Crippen molar-refractivity contribution in [2.45, 2.75) is 26.2 Å². The van der Waals surface area contributed by atoms with Gasteiger partial charge in [0.05, 0.1) is 6.61 Å². The lowest BCUT2D eigenvalue weighted by Gasteiger charge is -2.13. The Morgan fingerprint density at radius 3 is 3.00 bits per heavy atom. The Morgan fingerprint density at radius 2 is 2.18 bits per heavy atom. The summed E-state index contributed by atoms with van der Waals surface area (Å²) < 4.78 is 5.73. The Bertz CT molecular complexity index is 650. The minimum Gasteiger partial charge on any atom is -0.493 e. The highest BCUT2D eigenvalue weighted by molar-refractivity contribution is 7.11. The van der Waals surface area contributed by atoms with Crippen molar-refractivity contribution < 1.29 is 9.53 Å². The maximum atomic E-state index is 12.4. The quantitative estimate of drug-likeness (QED) is 0.939. The molecule has 4 heteroatoms. The van der Waals surface area contributed by atoms with Gasteiger partial charge >= 0.3 is 0 Å². The van der Waals surface area contributed by atoms with Crippen LogP contribution in [0.1, 0.15) is 21.7 Å². The van der Waals surface area contributed by atoms with Crippen molar-refractivity contribution in [3.8, 4) is 5.75 Å². The van der Waals surface area contributed by atoms with Gasteiger partial charge in [0.1, 0.15) is 5.75 Å². The Labute approximate surface area is 135 Å². The largest absolute Gasteiger partial charge is 0.493 e. The van der Waals surface area contributed by atoms with Gasteiger partial charge in [-0.15, -0.1) is 11.3 Å².